The monoisotopic (exact) mass is 479 g/mol. The first-order valence-electron chi connectivity index (χ1n) is 10.7. The van der Waals surface area contributed by atoms with Gasteiger partial charge in [-0.2, -0.15) is 0 Å². The maximum absolute atomic E-state index is 12.6. The highest BCUT2D eigenvalue weighted by molar-refractivity contribution is 5.94. The summed E-state index contributed by atoms with van der Waals surface area (Å²) in [6, 6.07) is 9.30. The molecule has 3 atom stereocenters. The van der Waals surface area contributed by atoms with Crippen LogP contribution < -0.4 is 15.4 Å². The quantitative estimate of drug-likeness (QED) is 0.455. The molecular weight excluding hydrogens is 455 g/mol. The van der Waals surface area contributed by atoms with Crippen LogP contribution in [0.5, 0.6) is 5.75 Å². The summed E-state index contributed by atoms with van der Waals surface area (Å²) in [4.78, 5) is 23.4. The van der Waals surface area contributed by atoms with Gasteiger partial charge in [0, 0.05) is 59.5 Å². The highest BCUT2D eigenvalue weighted by Gasteiger charge is 2.47. The zero-order valence-electron chi connectivity index (χ0n) is 18.5. The van der Waals surface area contributed by atoms with E-state index in [0.29, 0.717) is 6.61 Å². The Morgan fingerprint density at radius 2 is 1.94 bits per heavy atom. The van der Waals surface area contributed by atoms with Gasteiger partial charge in [0.05, 0.1) is 11.0 Å². The molecule has 34 heavy (non-hydrogen) atoms. The maximum Gasteiger partial charge on any atom is 0.573 e. The molecule has 2 aromatic rings. The summed E-state index contributed by atoms with van der Waals surface area (Å²) in [7, 11) is 0. The number of halogens is 3. The predicted octanol–water partition coefficient (Wildman–Crippen LogP) is 4.82. The lowest BCUT2D eigenvalue weighted by molar-refractivity contribution is -0.385. The molecule has 2 aromatic carbocycles. The molecule has 0 bridgehead atoms. The summed E-state index contributed by atoms with van der Waals surface area (Å²) in [5.74, 6) is -0.764. The first-order chi connectivity index (χ1) is 15.9. The molecule has 0 saturated carbocycles. The van der Waals surface area contributed by atoms with Crippen molar-refractivity contribution in [2.24, 2.45) is 11.3 Å². The molecule has 0 radical (unpaired) electrons. The SMILES string of the molecule is CC(C)(CNC(=O)c1ccc(OC(F)(F)F)cc1)[C@@H]1Nc2ccc([N+](=O)[O-])cc2[C@@H]2OCC[C@@H]12. The van der Waals surface area contributed by atoms with Crippen LogP contribution >= 0.6 is 0 Å². The number of nitrogens with one attached hydrogen (secondary N) is 2. The van der Waals surface area contributed by atoms with Gasteiger partial charge in [0.2, 0.25) is 0 Å². The first-order valence-corrected chi connectivity index (χ1v) is 10.7. The van der Waals surface area contributed by atoms with E-state index in [1.807, 2.05) is 13.8 Å². The third kappa shape index (κ3) is 4.93. The van der Waals surface area contributed by atoms with Crippen LogP contribution in [0.2, 0.25) is 0 Å². The zero-order chi connectivity index (χ0) is 24.7. The largest absolute Gasteiger partial charge is 0.573 e. The van der Waals surface area contributed by atoms with Crippen LogP contribution in [0.1, 0.15) is 42.3 Å². The van der Waals surface area contributed by atoms with Crippen molar-refractivity contribution in [2.75, 3.05) is 18.5 Å². The average Bonchev–Trinajstić information content (AvgIpc) is 3.26. The molecule has 0 unspecified atom stereocenters. The van der Waals surface area contributed by atoms with E-state index in [1.54, 1.807) is 12.1 Å². The Morgan fingerprint density at radius 1 is 1.24 bits per heavy atom. The van der Waals surface area contributed by atoms with Crippen molar-refractivity contribution in [1.82, 2.24) is 5.32 Å². The van der Waals surface area contributed by atoms with Gasteiger partial charge in [-0.15, -0.1) is 13.2 Å². The van der Waals surface area contributed by atoms with E-state index in [4.69, 9.17) is 4.74 Å². The molecule has 0 spiro atoms. The fourth-order valence-electron chi connectivity index (χ4n) is 4.68. The number of fused-ring (bicyclic) bond motifs is 3. The van der Waals surface area contributed by atoms with E-state index in [0.717, 1.165) is 29.8 Å². The zero-order valence-corrected chi connectivity index (χ0v) is 18.5. The van der Waals surface area contributed by atoms with Crippen LogP contribution in [0.15, 0.2) is 42.5 Å². The van der Waals surface area contributed by atoms with Crippen molar-refractivity contribution in [1.29, 1.82) is 0 Å². The molecule has 0 aromatic heterocycles. The Labute approximate surface area is 193 Å². The molecule has 2 aliphatic heterocycles. The van der Waals surface area contributed by atoms with Gasteiger partial charge in [-0.1, -0.05) is 13.8 Å². The Bertz CT molecular complexity index is 1090. The van der Waals surface area contributed by atoms with Gasteiger partial charge in [-0.25, -0.2) is 0 Å². The Kier molecular flexibility index (Phi) is 6.15. The number of alkyl halides is 3. The van der Waals surface area contributed by atoms with Gasteiger partial charge >= 0.3 is 6.36 Å². The van der Waals surface area contributed by atoms with Gasteiger partial charge in [0.25, 0.3) is 11.6 Å². The van der Waals surface area contributed by atoms with Crippen LogP contribution in [0, 0.1) is 21.4 Å². The third-order valence-corrected chi connectivity index (χ3v) is 6.33. The van der Waals surface area contributed by atoms with Crippen LogP contribution in [-0.2, 0) is 4.74 Å². The number of nitro benzene ring substituents is 1. The fourth-order valence-corrected chi connectivity index (χ4v) is 4.68. The number of rotatable bonds is 6. The molecular formula is C23H24F3N3O5. The van der Waals surface area contributed by atoms with E-state index in [2.05, 4.69) is 15.4 Å². The van der Waals surface area contributed by atoms with E-state index in [-0.39, 0.29) is 35.9 Å². The van der Waals surface area contributed by atoms with E-state index in [9.17, 15) is 28.1 Å². The van der Waals surface area contributed by atoms with Gasteiger partial charge < -0.3 is 20.1 Å². The molecule has 11 heteroatoms. The highest BCUT2D eigenvalue weighted by Crippen LogP contribution is 2.49. The van der Waals surface area contributed by atoms with Gasteiger partial charge in [-0.05, 0) is 36.8 Å². The average molecular weight is 479 g/mol. The Hall–Kier alpha value is -3.34. The molecule has 2 heterocycles. The molecule has 8 nitrogen and oxygen atoms in total. The summed E-state index contributed by atoms with van der Waals surface area (Å²) < 4.78 is 46.7. The normalized spacial score (nSPS) is 21.7. The van der Waals surface area contributed by atoms with Crippen molar-refractivity contribution in [3.05, 3.63) is 63.7 Å². The lowest BCUT2D eigenvalue weighted by Gasteiger charge is -2.44. The predicted molar refractivity (Wildman–Crippen MR) is 117 cm³/mol. The first kappa shape index (κ1) is 23.8. The smallest absolute Gasteiger partial charge is 0.406 e. The minimum Gasteiger partial charge on any atom is -0.406 e. The van der Waals surface area contributed by atoms with Crippen LogP contribution in [-0.4, -0.2) is 36.4 Å². The maximum atomic E-state index is 12.6. The summed E-state index contributed by atoms with van der Waals surface area (Å²) in [5.41, 5.74) is 1.30. The van der Waals surface area contributed by atoms with Gasteiger partial charge in [0.1, 0.15) is 5.75 Å². The number of hydrogen-bond acceptors (Lipinski definition) is 6. The molecule has 1 saturated heterocycles. The lowest BCUT2D eigenvalue weighted by atomic mass is 9.71. The van der Waals surface area contributed by atoms with Gasteiger partial charge in [0.15, 0.2) is 0 Å². The number of ether oxygens (including phenoxy) is 2. The minimum absolute atomic E-state index is 0.00595. The Morgan fingerprint density at radius 3 is 2.59 bits per heavy atom. The van der Waals surface area contributed by atoms with Crippen molar-refractivity contribution in [3.8, 4) is 5.75 Å². The number of anilines is 1. The molecule has 1 amide bonds. The van der Waals surface area contributed by atoms with Crippen molar-refractivity contribution >= 4 is 17.3 Å². The van der Waals surface area contributed by atoms with Crippen LogP contribution in [0.3, 0.4) is 0 Å². The minimum atomic E-state index is -4.80. The van der Waals surface area contributed by atoms with Crippen molar-refractivity contribution in [3.63, 3.8) is 0 Å². The number of amides is 1. The number of nitro groups is 1. The topological polar surface area (TPSA) is 103 Å². The number of non-ortho nitro benzene ring substituents is 1. The number of nitrogens with zero attached hydrogens (tertiary/aromatic N) is 1. The van der Waals surface area contributed by atoms with Crippen LogP contribution in [0.25, 0.3) is 0 Å². The summed E-state index contributed by atoms with van der Waals surface area (Å²) in [5, 5.41) is 17.5. The standard InChI is InChI=1S/C23H24F3N3O5/c1-22(2,12-27-21(30)13-3-6-15(7-4-13)34-23(24,25)26)20-16-9-10-33-19(16)17-11-14(29(31)32)5-8-18(17)28-20/h3-8,11,16,19-20,28H,9-10,12H2,1-2H3,(H,27,30)/t16-,19-,20-/m1/s1. The van der Waals surface area contributed by atoms with Crippen molar-refractivity contribution < 1.29 is 32.4 Å². The van der Waals surface area contributed by atoms with Crippen molar-refractivity contribution in [2.45, 2.75) is 38.8 Å². The summed E-state index contributed by atoms with van der Waals surface area (Å²) in [6.07, 6.45) is -4.31. The van der Waals surface area contributed by atoms with E-state index >= 15 is 0 Å². The second-order valence-corrected chi connectivity index (χ2v) is 9.14. The molecule has 4 rings (SSSR count). The molecule has 1 fully saturated rings. The summed E-state index contributed by atoms with van der Waals surface area (Å²) >= 11 is 0. The number of benzene rings is 2. The van der Waals surface area contributed by atoms with Gasteiger partial charge in [-0.3, -0.25) is 14.9 Å². The third-order valence-electron chi connectivity index (χ3n) is 6.33. The second kappa shape index (κ2) is 8.79. The fraction of sp³-hybridized carbons (Fsp3) is 0.435. The second-order valence-electron chi connectivity index (χ2n) is 9.14. The number of carbonyl (C=O) groups excluding carboxylic acids is 1. The van der Waals surface area contributed by atoms with E-state index < -0.39 is 28.4 Å². The van der Waals surface area contributed by atoms with E-state index in [1.165, 1.54) is 18.2 Å². The molecule has 0 aliphatic carbocycles. The molecule has 182 valence electrons. The van der Waals surface area contributed by atoms with Crippen LogP contribution in [0.4, 0.5) is 24.5 Å². The molecule has 2 N–H and O–H groups in total. The lowest BCUT2D eigenvalue weighted by Crippen LogP contribution is -2.51. The Balaban J connectivity index is 1.46. The number of carbonyl (C=O) groups is 1. The highest BCUT2D eigenvalue weighted by atomic mass is 19.4. The number of hydrogen-bond donors (Lipinski definition) is 2. The summed E-state index contributed by atoms with van der Waals surface area (Å²) in [6.45, 7) is 4.81. The molecule has 2 aliphatic rings.